The summed E-state index contributed by atoms with van der Waals surface area (Å²) in [4.78, 5) is 26.8. The highest BCUT2D eigenvalue weighted by Gasteiger charge is 2.14. The Hall–Kier alpha value is -2.37. The van der Waals surface area contributed by atoms with E-state index in [0.717, 1.165) is 30.9 Å². The normalized spacial score (nSPS) is 14.0. The van der Waals surface area contributed by atoms with E-state index in [2.05, 4.69) is 21.6 Å². The van der Waals surface area contributed by atoms with Crippen molar-refractivity contribution in [3.63, 3.8) is 0 Å². The zero-order valence-electron chi connectivity index (χ0n) is 15.9. The van der Waals surface area contributed by atoms with Crippen molar-refractivity contribution in [2.75, 3.05) is 25.0 Å². The number of nitrogens with one attached hydrogen (secondary N) is 2. The van der Waals surface area contributed by atoms with Crippen LogP contribution in [0.2, 0.25) is 5.02 Å². The first-order valence-electron chi connectivity index (χ1n) is 9.76. The number of benzene rings is 2. The molecule has 6 heteroatoms. The predicted octanol–water partition coefficient (Wildman–Crippen LogP) is 4.08. The second-order valence-electron chi connectivity index (χ2n) is 7.05. The Balaban J connectivity index is 1.42. The number of halogens is 1. The molecular formula is C22H26ClN3O2. The molecule has 0 aromatic heterocycles. The number of para-hydroxylation sites is 1. The van der Waals surface area contributed by atoms with Crippen molar-refractivity contribution in [1.82, 2.24) is 10.2 Å². The highest BCUT2D eigenvalue weighted by Crippen LogP contribution is 2.20. The molecule has 0 unspecified atom stereocenters. The van der Waals surface area contributed by atoms with Gasteiger partial charge in [-0.15, -0.1) is 0 Å². The number of amides is 2. The number of nitrogens with zero attached hydrogens (tertiary/aromatic N) is 1. The number of hydrogen-bond acceptors (Lipinski definition) is 3. The molecule has 0 radical (unpaired) electrons. The molecule has 148 valence electrons. The van der Waals surface area contributed by atoms with Crippen LogP contribution in [0.4, 0.5) is 5.69 Å². The number of rotatable bonds is 8. The molecule has 3 rings (SSSR count). The smallest absolute Gasteiger partial charge is 0.251 e. The molecule has 2 amide bonds. The zero-order valence-corrected chi connectivity index (χ0v) is 16.7. The third kappa shape index (κ3) is 6.08. The number of carbonyl (C=O) groups excluding carboxylic acids is 2. The van der Waals surface area contributed by atoms with Crippen molar-refractivity contribution >= 4 is 29.1 Å². The van der Waals surface area contributed by atoms with Gasteiger partial charge in [-0.2, -0.15) is 0 Å². The highest BCUT2D eigenvalue weighted by molar-refractivity contribution is 6.30. The molecule has 0 saturated carbocycles. The summed E-state index contributed by atoms with van der Waals surface area (Å²) in [6, 6.07) is 14.7. The first-order valence-corrected chi connectivity index (χ1v) is 10.1. The van der Waals surface area contributed by atoms with E-state index in [4.69, 9.17) is 11.6 Å². The van der Waals surface area contributed by atoms with Crippen molar-refractivity contribution in [2.24, 2.45) is 0 Å². The summed E-state index contributed by atoms with van der Waals surface area (Å²) in [6.07, 6.45) is 3.44. The lowest BCUT2D eigenvalue weighted by atomic mass is 10.1. The first-order chi connectivity index (χ1) is 13.6. The molecule has 1 heterocycles. The van der Waals surface area contributed by atoms with Crippen molar-refractivity contribution in [2.45, 2.75) is 32.2 Å². The fraction of sp³-hybridized carbons (Fsp3) is 0.364. The molecule has 1 aliphatic heterocycles. The fourth-order valence-electron chi connectivity index (χ4n) is 3.33. The second-order valence-corrected chi connectivity index (χ2v) is 7.49. The minimum Gasteiger partial charge on any atom is -0.352 e. The van der Waals surface area contributed by atoms with E-state index in [1.165, 1.54) is 12.8 Å². The van der Waals surface area contributed by atoms with Crippen LogP contribution in [0.1, 0.15) is 41.6 Å². The van der Waals surface area contributed by atoms with Gasteiger partial charge >= 0.3 is 0 Å². The number of hydrogen-bond donors (Lipinski definition) is 2. The number of carbonyl (C=O) groups is 2. The van der Waals surface area contributed by atoms with Crippen LogP contribution in [0.3, 0.4) is 0 Å². The molecule has 5 nitrogen and oxygen atoms in total. The van der Waals surface area contributed by atoms with Gasteiger partial charge in [-0.1, -0.05) is 29.8 Å². The van der Waals surface area contributed by atoms with Crippen LogP contribution >= 0.6 is 11.6 Å². The molecule has 2 N–H and O–H groups in total. The van der Waals surface area contributed by atoms with E-state index in [-0.39, 0.29) is 11.8 Å². The van der Waals surface area contributed by atoms with Crippen LogP contribution < -0.4 is 10.6 Å². The monoisotopic (exact) mass is 399 g/mol. The molecule has 0 aliphatic carbocycles. The van der Waals surface area contributed by atoms with Gasteiger partial charge < -0.3 is 10.6 Å². The lowest BCUT2D eigenvalue weighted by molar-refractivity contribution is -0.116. The van der Waals surface area contributed by atoms with Crippen LogP contribution in [0.15, 0.2) is 48.5 Å². The van der Waals surface area contributed by atoms with Gasteiger partial charge in [-0.25, -0.2) is 0 Å². The summed E-state index contributed by atoms with van der Waals surface area (Å²) in [7, 11) is 0. The van der Waals surface area contributed by atoms with Crippen LogP contribution in [0.5, 0.6) is 0 Å². The Labute approximate surface area is 171 Å². The maximum atomic E-state index is 12.3. The summed E-state index contributed by atoms with van der Waals surface area (Å²) >= 11 is 5.82. The molecule has 1 fully saturated rings. The van der Waals surface area contributed by atoms with Crippen LogP contribution in [-0.4, -0.2) is 36.3 Å². The highest BCUT2D eigenvalue weighted by atomic mass is 35.5. The third-order valence-corrected chi connectivity index (χ3v) is 5.11. The van der Waals surface area contributed by atoms with E-state index in [1.807, 2.05) is 18.2 Å². The van der Waals surface area contributed by atoms with Crippen LogP contribution in [-0.2, 0) is 11.3 Å². The molecule has 2 aromatic rings. The standard InChI is InChI=1S/C22H26ClN3O2/c23-19-11-9-17(10-12-19)22(28)24-13-5-8-21(27)25-20-7-2-1-6-18(20)16-26-14-3-4-15-26/h1-2,6-7,9-12H,3-5,8,13-16H2,(H,24,28)(H,25,27). The molecule has 2 aromatic carbocycles. The van der Waals surface area contributed by atoms with Gasteiger partial charge in [0.05, 0.1) is 0 Å². The van der Waals surface area contributed by atoms with Gasteiger partial charge in [0, 0.05) is 35.8 Å². The molecule has 0 atom stereocenters. The lowest BCUT2D eigenvalue weighted by Crippen LogP contribution is -2.25. The summed E-state index contributed by atoms with van der Waals surface area (Å²) < 4.78 is 0. The Bertz CT molecular complexity index is 802. The van der Waals surface area contributed by atoms with Gasteiger partial charge in [0.15, 0.2) is 0 Å². The fourth-order valence-corrected chi connectivity index (χ4v) is 3.45. The van der Waals surface area contributed by atoms with E-state index in [1.54, 1.807) is 24.3 Å². The maximum Gasteiger partial charge on any atom is 0.251 e. The van der Waals surface area contributed by atoms with Crippen molar-refractivity contribution in [3.05, 3.63) is 64.7 Å². The van der Waals surface area contributed by atoms with E-state index in [9.17, 15) is 9.59 Å². The average Bonchev–Trinajstić information content (AvgIpc) is 3.20. The number of likely N-dealkylation sites (tertiary alicyclic amines) is 1. The molecule has 1 saturated heterocycles. The summed E-state index contributed by atoms with van der Waals surface area (Å²) in [5.74, 6) is -0.192. The largest absolute Gasteiger partial charge is 0.352 e. The Morgan fingerprint density at radius 3 is 2.46 bits per heavy atom. The molecule has 1 aliphatic rings. The van der Waals surface area contributed by atoms with Crippen molar-refractivity contribution < 1.29 is 9.59 Å². The summed E-state index contributed by atoms with van der Waals surface area (Å²) in [5, 5.41) is 6.44. The molecule has 28 heavy (non-hydrogen) atoms. The Morgan fingerprint density at radius 1 is 1.00 bits per heavy atom. The Kier molecular flexibility index (Phi) is 7.46. The first kappa shape index (κ1) is 20.4. The molecular weight excluding hydrogens is 374 g/mol. The second kappa shape index (κ2) is 10.2. The van der Waals surface area contributed by atoms with E-state index < -0.39 is 0 Å². The SMILES string of the molecule is O=C(CCCNC(=O)c1ccc(Cl)cc1)Nc1ccccc1CN1CCCC1. The molecule has 0 bridgehead atoms. The van der Waals surface area contributed by atoms with Gasteiger partial charge in [-0.05, 0) is 68.2 Å². The van der Waals surface area contributed by atoms with Gasteiger partial charge in [0.1, 0.15) is 0 Å². The maximum absolute atomic E-state index is 12.3. The lowest BCUT2D eigenvalue weighted by Gasteiger charge is -2.17. The van der Waals surface area contributed by atoms with Gasteiger partial charge in [0.2, 0.25) is 5.91 Å². The van der Waals surface area contributed by atoms with E-state index in [0.29, 0.717) is 30.0 Å². The van der Waals surface area contributed by atoms with Crippen molar-refractivity contribution in [1.29, 1.82) is 0 Å². The molecule has 0 spiro atoms. The number of anilines is 1. The van der Waals surface area contributed by atoms with Gasteiger partial charge in [-0.3, -0.25) is 14.5 Å². The minimum absolute atomic E-state index is 0.0328. The summed E-state index contributed by atoms with van der Waals surface area (Å²) in [6.45, 7) is 3.56. The summed E-state index contributed by atoms with van der Waals surface area (Å²) in [5.41, 5.74) is 2.59. The quantitative estimate of drug-likeness (QED) is 0.657. The Morgan fingerprint density at radius 2 is 1.71 bits per heavy atom. The van der Waals surface area contributed by atoms with Crippen LogP contribution in [0, 0.1) is 0 Å². The minimum atomic E-state index is -0.159. The predicted molar refractivity (Wildman–Crippen MR) is 113 cm³/mol. The van der Waals surface area contributed by atoms with Crippen LogP contribution in [0.25, 0.3) is 0 Å². The average molecular weight is 400 g/mol. The zero-order chi connectivity index (χ0) is 19.8. The topological polar surface area (TPSA) is 61.4 Å². The third-order valence-electron chi connectivity index (χ3n) is 4.86. The van der Waals surface area contributed by atoms with Crippen molar-refractivity contribution in [3.8, 4) is 0 Å². The van der Waals surface area contributed by atoms with E-state index >= 15 is 0 Å². The van der Waals surface area contributed by atoms with Gasteiger partial charge in [0.25, 0.3) is 5.91 Å².